The standard InChI is InChI=1S/C6H6O.C4H4O.CH4N2O.CH2O/c7-6-4-2-1-3-5-6;1-2-4-5-3-1;2-1(3)4;1-2/h1-5,7H;1-4H;(H4,2,3,4);1H2. The molecule has 0 aliphatic heterocycles. The molecule has 2 aromatic rings. The number of benzene rings is 1. The fraction of sp³-hybridized carbons (Fsp3) is 0. The summed E-state index contributed by atoms with van der Waals surface area (Å²) < 4.78 is 4.58. The van der Waals surface area contributed by atoms with Gasteiger partial charge in [0.05, 0.1) is 12.5 Å². The first-order valence-corrected chi connectivity index (χ1v) is 4.68. The van der Waals surface area contributed by atoms with Crippen LogP contribution in [0.15, 0.2) is 59.4 Å². The second-order valence-electron chi connectivity index (χ2n) is 2.53. The van der Waals surface area contributed by atoms with E-state index in [-0.39, 0.29) is 0 Å². The third kappa shape index (κ3) is 18.9. The normalized spacial score (nSPS) is 7.11. The Morgan fingerprint density at radius 2 is 1.39 bits per heavy atom. The molecule has 1 aromatic carbocycles. The monoisotopic (exact) mass is 252 g/mol. The van der Waals surface area contributed by atoms with E-state index in [4.69, 9.17) is 14.7 Å². The van der Waals surface area contributed by atoms with Crippen LogP contribution >= 0.6 is 0 Å². The number of aromatic hydroxyl groups is 1. The van der Waals surface area contributed by atoms with Crippen LogP contribution in [-0.2, 0) is 4.79 Å². The number of hydrogen-bond acceptors (Lipinski definition) is 4. The molecule has 1 heterocycles. The van der Waals surface area contributed by atoms with Gasteiger partial charge in [-0.05, 0) is 24.3 Å². The van der Waals surface area contributed by atoms with Gasteiger partial charge in [0.25, 0.3) is 0 Å². The fourth-order valence-corrected chi connectivity index (χ4v) is 0.655. The highest BCUT2D eigenvalue weighted by Gasteiger charge is 1.74. The van der Waals surface area contributed by atoms with Crippen LogP contribution in [0.5, 0.6) is 5.75 Å². The number of carbonyl (C=O) groups excluding carboxylic acids is 2. The van der Waals surface area contributed by atoms with E-state index in [2.05, 4.69) is 15.9 Å². The van der Waals surface area contributed by atoms with Crippen molar-refractivity contribution in [3.05, 3.63) is 55.0 Å². The largest absolute Gasteiger partial charge is 0.508 e. The van der Waals surface area contributed by atoms with E-state index in [9.17, 15) is 0 Å². The van der Waals surface area contributed by atoms with Crippen LogP contribution < -0.4 is 11.5 Å². The van der Waals surface area contributed by atoms with E-state index in [1.165, 1.54) is 0 Å². The summed E-state index contributed by atoms with van der Waals surface area (Å²) in [6.45, 7) is 2.00. The molecular formula is C12H16N2O4. The molecule has 6 nitrogen and oxygen atoms in total. The molecule has 0 aliphatic rings. The summed E-state index contributed by atoms with van der Waals surface area (Å²) in [6, 6.07) is 11.5. The summed E-state index contributed by atoms with van der Waals surface area (Å²) in [5.74, 6) is 0.322. The molecule has 1 aromatic heterocycles. The Bertz CT molecular complexity index is 355. The zero-order valence-corrected chi connectivity index (χ0v) is 9.73. The fourth-order valence-electron chi connectivity index (χ4n) is 0.655. The Morgan fingerprint density at radius 3 is 1.56 bits per heavy atom. The third-order valence-corrected chi connectivity index (χ3v) is 1.18. The second-order valence-corrected chi connectivity index (χ2v) is 2.53. The summed E-state index contributed by atoms with van der Waals surface area (Å²) in [5.41, 5.74) is 8.50. The van der Waals surface area contributed by atoms with Gasteiger partial charge in [-0.15, -0.1) is 0 Å². The van der Waals surface area contributed by atoms with Gasteiger partial charge in [0, 0.05) is 0 Å². The van der Waals surface area contributed by atoms with Crippen LogP contribution in [0.2, 0.25) is 0 Å². The lowest BCUT2D eigenvalue weighted by Crippen LogP contribution is -2.18. The predicted molar refractivity (Wildman–Crippen MR) is 67.7 cm³/mol. The minimum Gasteiger partial charge on any atom is -0.508 e. The molecule has 0 aliphatic carbocycles. The van der Waals surface area contributed by atoms with Crippen molar-refractivity contribution in [2.75, 3.05) is 0 Å². The van der Waals surface area contributed by atoms with Crippen LogP contribution in [-0.4, -0.2) is 17.9 Å². The molecule has 6 heteroatoms. The van der Waals surface area contributed by atoms with Crippen molar-refractivity contribution < 1.29 is 19.1 Å². The maximum absolute atomic E-state index is 9.00. The van der Waals surface area contributed by atoms with E-state index >= 15 is 0 Å². The quantitative estimate of drug-likeness (QED) is 0.658. The number of carbonyl (C=O) groups is 2. The predicted octanol–water partition coefficient (Wildman–Crippen LogP) is 1.51. The highest BCUT2D eigenvalue weighted by atomic mass is 16.3. The average Bonchev–Trinajstić information content (AvgIpc) is 2.90. The van der Waals surface area contributed by atoms with Gasteiger partial charge in [-0.1, -0.05) is 18.2 Å². The number of phenolic OH excluding ortho intramolecular Hbond substituents is 1. The molecule has 0 bridgehead atoms. The number of rotatable bonds is 0. The Morgan fingerprint density at radius 1 is 1.00 bits per heavy atom. The summed E-state index contributed by atoms with van der Waals surface area (Å²) in [4.78, 5) is 17.0. The van der Waals surface area contributed by atoms with E-state index in [0.717, 1.165) is 0 Å². The summed E-state index contributed by atoms with van der Waals surface area (Å²) in [5, 5.41) is 8.63. The second kappa shape index (κ2) is 14.2. The van der Waals surface area contributed by atoms with Crippen molar-refractivity contribution in [2.24, 2.45) is 11.5 Å². The zero-order valence-electron chi connectivity index (χ0n) is 9.73. The number of amides is 2. The third-order valence-electron chi connectivity index (χ3n) is 1.18. The van der Waals surface area contributed by atoms with Gasteiger partial charge in [-0.25, -0.2) is 4.79 Å². The van der Waals surface area contributed by atoms with E-state index in [0.29, 0.717) is 5.75 Å². The van der Waals surface area contributed by atoms with E-state index < -0.39 is 6.03 Å². The Kier molecular flexibility index (Phi) is 13.9. The molecule has 98 valence electrons. The molecule has 0 saturated carbocycles. The molecule has 2 amide bonds. The van der Waals surface area contributed by atoms with Gasteiger partial charge in [0.2, 0.25) is 0 Å². The van der Waals surface area contributed by atoms with Gasteiger partial charge in [-0.3, -0.25) is 0 Å². The Balaban J connectivity index is 0. The zero-order chi connectivity index (χ0) is 14.2. The first-order chi connectivity index (χ1) is 8.63. The maximum atomic E-state index is 9.00. The molecule has 5 N–H and O–H groups in total. The molecule has 0 unspecified atom stereocenters. The Labute approximate surface area is 105 Å². The van der Waals surface area contributed by atoms with Gasteiger partial charge < -0.3 is 25.8 Å². The number of nitrogens with two attached hydrogens (primary N) is 2. The summed E-state index contributed by atoms with van der Waals surface area (Å²) in [7, 11) is 0. The van der Waals surface area contributed by atoms with Crippen LogP contribution in [0.4, 0.5) is 4.79 Å². The van der Waals surface area contributed by atoms with Crippen molar-refractivity contribution in [1.82, 2.24) is 0 Å². The SMILES string of the molecule is C=O.NC(N)=O.Oc1ccccc1.c1ccoc1. The van der Waals surface area contributed by atoms with Crippen LogP contribution in [0.3, 0.4) is 0 Å². The Hall–Kier alpha value is -2.76. The van der Waals surface area contributed by atoms with Crippen molar-refractivity contribution >= 4 is 12.8 Å². The molecule has 0 spiro atoms. The minimum absolute atomic E-state index is 0.322. The molecule has 0 atom stereocenters. The number of phenols is 1. The molecule has 0 fully saturated rings. The lowest BCUT2D eigenvalue weighted by atomic mass is 10.3. The summed E-state index contributed by atoms with van der Waals surface area (Å²) >= 11 is 0. The number of para-hydroxylation sites is 1. The molecule has 0 radical (unpaired) electrons. The van der Waals surface area contributed by atoms with Gasteiger partial charge in [-0.2, -0.15) is 0 Å². The van der Waals surface area contributed by atoms with Gasteiger partial charge in [0.1, 0.15) is 12.5 Å². The van der Waals surface area contributed by atoms with E-state index in [1.54, 1.807) is 36.8 Å². The highest BCUT2D eigenvalue weighted by Crippen LogP contribution is 2.02. The first-order valence-electron chi connectivity index (χ1n) is 4.68. The molecule has 0 saturated heterocycles. The maximum Gasteiger partial charge on any atom is 0.309 e. The van der Waals surface area contributed by atoms with E-state index in [1.807, 2.05) is 25.0 Å². The summed E-state index contributed by atoms with van der Waals surface area (Å²) in [6.07, 6.45) is 3.25. The van der Waals surface area contributed by atoms with Crippen molar-refractivity contribution in [3.8, 4) is 5.75 Å². The smallest absolute Gasteiger partial charge is 0.309 e. The van der Waals surface area contributed by atoms with Crippen molar-refractivity contribution in [1.29, 1.82) is 0 Å². The van der Waals surface area contributed by atoms with Crippen LogP contribution in [0.25, 0.3) is 0 Å². The van der Waals surface area contributed by atoms with Crippen LogP contribution in [0, 0.1) is 0 Å². The topological polar surface area (TPSA) is 120 Å². The van der Waals surface area contributed by atoms with Crippen molar-refractivity contribution in [3.63, 3.8) is 0 Å². The molecule has 18 heavy (non-hydrogen) atoms. The first kappa shape index (κ1) is 17.6. The molecular weight excluding hydrogens is 236 g/mol. The van der Waals surface area contributed by atoms with Gasteiger partial charge >= 0.3 is 6.03 Å². The van der Waals surface area contributed by atoms with Crippen molar-refractivity contribution in [2.45, 2.75) is 0 Å². The van der Waals surface area contributed by atoms with Gasteiger partial charge in [0.15, 0.2) is 0 Å². The number of furan rings is 1. The lowest BCUT2D eigenvalue weighted by Gasteiger charge is -1.82. The molecule has 2 rings (SSSR count). The van der Waals surface area contributed by atoms with Crippen LogP contribution in [0.1, 0.15) is 0 Å². The number of hydrogen-bond donors (Lipinski definition) is 3. The number of urea groups is 1. The lowest BCUT2D eigenvalue weighted by molar-refractivity contribution is -0.0979. The average molecular weight is 252 g/mol. The number of primary amides is 2. The highest BCUT2D eigenvalue weighted by molar-refractivity contribution is 5.69. The minimum atomic E-state index is -0.833.